The highest BCUT2D eigenvalue weighted by atomic mass is 16.6. The van der Waals surface area contributed by atoms with Crippen LogP contribution < -0.4 is 0 Å². The van der Waals surface area contributed by atoms with Crippen LogP contribution in [0.5, 0.6) is 0 Å². The van der Waals surface area contributed by atoms with Crippen molar-refractivity contribution in [2.45, 2.75) is 38.1 Å². The van der Waals surface area contributed by atoms with E-state index in [4.69, 9.17) is 10.5 Å². The number of esters is 1. The molecule has 0 bridgehead atoms. The van der Waals surface area contributed by atoms with E-state index in [0.717, 1.165) is 0 Å². The molecule has 0 amide bonds. The smallest absolute Gasteiger partial charge is 0.384 e. The molecule has 7 nitrogen and oxygen atoms in total. The fourth-order valence-electron chi connectivity index (χ4n) is 1.38. The maximum Gasteiger partial charge on any atom is 0.384 e. The number of carbonyl (C=O) groups is 1. The highest BCUT2D eigenvalue weighted by molar-refractivity contribution is 5.79. The van der Waals surface area contributed by atoms with Gasteiger partial charge in [0.2, 0.25) is 0 Å². The lowest BCUT2D eigenvalue weighted by Gasteiger charge is -2.21. The van der Waals surface area contributed by atoms with Gasteiger partial charge in [0.25, 0.3) is 0 Å². The third-order valence-corrected chi connectivity index (χ3v) is 2.31. The summed E-state index contributed by atoms with van der Waals surface area (Å²) in [5, 5.41) is 28.0. The Hall–Kier alpha value is -2.15. The summed E-state index contributed by atoms with van der Waals surface area (Å²) in [6, 6.07) is 3.51. The summed E-state index contributed by atoms with van der Waals surface area (Å²) < 4.78 is 4.66. The largest absolute Gasteiger partial charge is 0.461 e. The Bertz CT molecular complexity index is 349. The van der Waals surface area contributed by atoms with Crippen LogP contribution >= 0.6 is 0 Å². The molecule has 7 heteroatoms. The van der Waals surface area contributed by atoms with Crippen LogP contribution in [0.1, 0.15) is 32.6 Å². The second-order valence-corrected chi connectivity index (χ2v) is 3.33. The molecule has 0 aliphatic carbocycles. The fraction of sp³-hybridized carbons (Fsp3) is 0.700. The highest BCUT2D eigenvalue weighted by Gasteiger charge is 2.51. The van der Waals surface area contributed by atoms with Crippen molar-refractivity contribution < 1.29 is 14.5 Å². The first kappa shape index (κ1) is 14.8. The molecule has 0 spiro atoms. The first-order chi connectivity index (χ1) is 8.05. The first-order valence-electron chi connectivity index (χ1n) is 5.10. The lowest BCUT2D eigenvalue weighted by Crippen LogP contribution is -2.47. The monoisotopic (exact) mass is 239 g/mol. The molecule has 0 saturated carbocycles. The lowest BCUT2D eigenvalue weighted by molar-refractivity contribution is -0.557. The molecule has 0 rings (SSSR count). The Morgan fingerprint density at radius 2 is 1.82 bits per heavy atom. The summed E-state index contributed by atoms with van der Waals surface area (Å²) in [5.41, 5.74) is -1.97. The van der Waals surface area contributed by atoms with E-state index in [1.807, 2.05) is 0 Å². The predicted molar refractivity (Wildman–Crippen MR) is 56.1 cm³/mol. The molecule has 0 aliphatic rings. The topological polar surface area (TPSA) is 117 Å². The molecule has 0 N–H and O–H groups in total. The summed E-state index contributed by atoms with van der Waals surface area (Å²) in [4.78, 5) is 21.9. The van der Waals surface area contributed by atoms with Gasteiger partial charge in [0.05, 0.1) is 18.7 Å². The van der Waals surface area contributed by atoms with Gasteiger partial charge in [-0.3, -0.25) is 10.1 Å². The van der Waals surface area contributed by atoms with E-state index in [1.165, 1.54) is 6.92 Å². The number of rotatable bonds is 7. The number of ether oxygens (including phenoxy) is 1. The lowest BCUT2D eigenvalue weighted by atomic mass is 9.89. The van der Waals surface area contributed by atoms with Crippen LogP contribution in [0.15, 0.2) is 0 Å². The normalized spacial score (nSPS) is 10.1. The molecule has 0 unspecified atom stereocenters. The quantitative estimate of drug-likeness (QED) is 0.374. The van der Waals surface area contributed by atoms with E-state index in [0.29, 0.717) is 0 Å². The molecule has 0 atom stereocenters. The Morgan fingerprint density at radius 3 is 2.12 bits per heavy atom. The SMILES string of the molecule is CCOC(=O)C(CCC#N)(CCC#N)[N+](=O)[O-]. The third-order valence-electron chi connectivity index (χ3n) is 2.31. The standard InChI is InChI=1S/C10H13N3O4/c1-2-17-9(14)10(13(15)16,5-3-7-11)6-4-8-12/h2-6H2,1H3. The van der Waals surface area contributed by atoms with E-state index in [1.54, 1.807) is 12.1 Å². The van der Waals surface area contributed by atoms with Crippen molar-refractivity contribution in [2.75, 3.05) is 6.61 Å². The van der Waals surface area contributed by atoms with Gasteiger partial charge in [-0.1, -0.05) is 0 Å². The second kappa shape index (κ2) is 7.18. The molecule has 0 fully saturated rings. The number of nitrogens with zero attached hydrogens (tertiary/aromatic N) is 3. The average Bonchev–Trinajstić information content (AvgIpc) is 2.29. The number of carbonyl (C=O) groups excluding carboxylic acids is 1. The minimum absolute atomic E-state index is 0.0214. The molecule has 0 aliphatic heterocycles. The van der Waals surface area contributed by atoms with Crippen molar-refractivity contribution in [3.8, 4) is 12.1 Å². The van der Waals surface area contributed by atoms with Crippen LogP contribution in [0.3, 0.4) is 0 Å². The minimum atomic E-state index is -1.97. The van der Waals surface area contributed by atoms with Gasteiger partial charge < -0.3 is 4.74 Å². The van der Waals surface area contributed by atoms with Crippen molar-refractivity contribution >= 4 is 5.97 Å². The molecule has 92 valence electrons. The molecule has 0 heterocycles. The number of hydrogen-bond donors (Lipinski definition) is 0. The van der Waals surface area contributed by atoms with Crippen LogP contribution in [0.2, 0.25) is 0 Å². The Labute approximate surface area is 98.7 Å². The van der Waals surface area contributed by atoms with Gasteiger partial charge in [0.1, 0.15) is 0 Å². The molecular formula is C10H13N3O4. The predicted octanol–water partition coefficient (Wildman–Crippen LogP) is 1.17. The first-order valence-corrected chi connectivity index (χ1v) is 5.10. The van der Waals surface area contributed by atoms with Crippen molar-refractivity contribution in [3.63, 3.8) is 0 Å². The zero-order valence-corrected chi connectivity index (χ0v) is 9.51. The minimum Gasteiger partial charge on any atom is -0.461 e. The molecule has 0 radical (unpaired) electrons. The Kier molecular flexibility index (Phi) is 6.27. The van der Waals surface area contributed by atoms with Gasteiger partial charge in [0, 0.05) is 30.6 Å². The van der Waals surface area contributed by atoms with Crippen LogP contribution in [0.4, 0.5) is 0 Å². The van der Waals surface area contributed by atoms with Crippen molar-refractivity contribution in [1.29, 1.82) is 10.5 Å². The molecular weight excluding hydrogens is 226 g/mol. The summed E-state index contributed by atoms with van der Waals surface area (Å²) in [6.45, 7) is 1.56. The van der Waals surface area contributed by atoms with Gasteiger partial charge in [-0.15, -0.1) is 0 Å². The van der Waals surface area contributed by atoms with Gasteiger partial charge in [0.15, 0.2) is 0 Å². The fourth-order valence-corrected chi connectivity index (χ4v) is 1.38. The zero-order chi connectivity index (χ0) is 13.3. The van der Waals surface area contributed by atoms with Crippen LogP contribution in [0.25, 0.3) is 0 Å². The average molecular weight is 239 g/mol. The maximum absolute atomic E-state index is 11.6. The summed E-state index contributed by atoms with van der Waals surface area (Å²) in [6.07, 6.45) is -0.746. The van der Waals surface area contributed by atoms with Crippen molar-refractivity contribution in [1.82, 2.24) is 0 Å². The summed E-state index contributed by atoms with van der Waals surface area (Å²) >= 11 is 0. The molecule has 17 heavy (non-hydrogen) atoms. The Balaban J connectivity index is 5.10. The van der Waals surface area contributed by atoms with Gasteiger partial charge in [-0.2, -0.15) is 10.5 Å². The van der Waals surface area contributed by atoms with Gasteiger partial charge >= 0.3 is 11.5 Å². The molecule has 0 aromatic rings. The van der Waals surface area contributed by atoms with Gasteiger partial charge in [-0.05, 0) is 6.92 Å². The van der Waals surface area contributed by atoms with Crippen molar-refractivity contribution in [3.05, 3.63) is 10.1 Å². The van der Waals surface area contributed by atoms with Crippen LogP contribution in [-0.2, 0) is 9.53 Å². The maximum atomic E-state index is 11.6. The van der Waals surface area contributed by atoms with E-state index in [2.05, 4.69) is 4.74 Å². The number of nitro groups is 1. The van der Waals surface area contributed by atoms with Crippen molar-refractivity contribution in [2.24, 2.45) is 0 Å². The van der Waals surface area contributed by atoms with E-state index in [9.17, 15) is 14.9 Å². The molecule has 0 saturated heterocycles. The van der Waals surface area contributed by atoms with E-state index >= 15 is 0 Å². The van der Waals surface area contributed by atoms with E-state index in [-0.39, 0.29) is 32.3 Å². The third kappa shape index (κ3) is 3.72. The van der Waals surface area contributed by atoms with E-state index < -0.39 is 16.4 Å². The molecule has 0 aromatic heterocycles. The number of hydrogen-bond acceptors (Lipinski definition) is 6. The summed E-state index contributed by atoms with van der Waals surface area (Å²) in [7, 11) is 0. The van der Waals surface area contributed by atoms with Gasteiger partial charge in [-0.25, -0.2) is 4.79 Å². The van der Waals surface area contributed by atoms with Crippen LogP contribution in [-0.4, -0.2) is 23.0 Å². The number of nitriles is 2. The summed E-state index contributed by atoms with van der Waals surface area (Å²) in [5.74, 6) is -0.976. The zero-order valence-electron chi connectivity index (χ0n) is 9.51. The molecule has 0 aromatic carbocycles. The van der Waals surface area contributed by atoms with Crippen LogP contribution in [0, 0.1) is 32.8 Å². The Morgan fingerprint density at radius 1 is 1.35 bits per heavy atom. The highest BCUT2D eigenvalue weighted by Crippen LogP contribution is 2.25. The second-order valence-electron chi connectivity index (χ2n) is 3.33.